The van der Waals surface area contributed by atoms with E-state index in [9.17, 15) is 13.2 Å². The molecular formula is C22H22ClNO3S. The molecule has 1 aromatic heterocycles. The van der Waals surface area contributed by atoms with E-state index in [0.717, 1.165) is 24.0 Å². The monoisotopic (exact) mass is 415 g/mol. The maximum absolute atomic E-state index is 13.6. The predicted molar refractivity (Wildman–Crippen MR) is 112 cm³/mol. The van der Waals surface area contributed by atoms with Crippen molar-refractivity contribution in [2.75, 3.05) is 5.88 Å². The molecule has 3 aromatic rings. The number of hydrogen-bond acceptors (Lipinski definition) is 3. The summed E-state index contributed by atoms with van der Waals surface area (Å²) < 4.78 is 28.5. The first kappa shape index (κ1) is 19.2. The number of nitrogens with zero attached hydrogens (tertiary/aromatic N) is 1. The Morgan fingerprint density at radius 1 is 1.11 bits per heavy atom. The number of aromatic nitrogens is 1. The predicted octanol–water partition coefficient (Wildman–Crippen LogP) is 5.10. The van der Waals surface area contributed by atoms with Crippen LogP contribution in [-0.2, 0) is 10.0 Å². The number of ketones is 1. The zero-order valence-corrected chi connectivity index (χ0v) is 17.7. The molecule has 1 fully saturated rings. The normalized spacial score (nSPS) is 14.6. The van der Waals surface area contributed by atoms with Crippen LogP contribution in [0.3, 0.4) is 0 Å². The third kappa shape index (κ3) is 3.07. The quantitative estimate of drug-likeness (QED) is 0.430. The average Bonchev–Trinajstić information content (AvgIpc) is 3.39. The van der Waals surface area contributed by atoms with Gasteiger partial charge in [0.15, 0.2) is 5.78 Å². The number of carbonyl (C=O) groups is 1. The number of alkyl halides is 1. The highest BCUT2D eigenvalue weighted by atomic mass is 35.5. The molecule has 146 valence electrons. The van der Waals surface area contributed by atoms with Gasteiger partial charge < -0.3 is 0 Å². The van der Waals surface area contributed by atoms with Crippen molar-refractivity contribution in [3.63, 3.8) is 0 Å². The summed E-state index contributed by atoms with van der Waals surface area (Å²) in [5, 5.41) is 0.626. The molecule has 0 N–H and O–H groups in total. The van der Waals surface area contributed by atoms with Crippen LogP contribution in [0, 0.1) is 20.8 Å². The second-order valence-electron chi connectivity index (χ2n) is 7.68. The molecule has 1 aliphatic carbocycles. The number of Topliss-reactive ketones (excluding diaryl/α,β-unsaturated/α-hetero) is 1. The minimum Gasteiger partial charge on any atom is -0.293 e. The molecule has 0 saturated heterocycles. The lowest BCUT2D eigenvalue weighted by atomic mass is 10.1. The first-order valence-corrected chi connectivity index (χ1v) is 11.3. The van der Waals surface area contributed by atoms with E-state index in [2.05, 4.69) is 0 Å². The lowest BCUT2D eigenvalue weighted by Crippen LogP contribution is -2.15. The topological polar surface area (TPSA) is 56.1 Å². The van der Waals surface area contributed by atoms with Gasteiger partial charge in [0.25, 0.3) is 10.0 Å². The highest BCUT2D eigenvalue weighted by molar-refractivity contribution is 7.90. The standard InChI is InChI=1S/C22H22ClNO3S/c1-13-8-14(2)22(15(3)9-13)28(26,27)24-12-19(21(25)11-23)18-7-6-17(10-20(18)24)16-4-5-16/h6-10,12,16H,4-5,11H2,1-3H3. The molecule has 4 rings (SSSR count). The molecule has 0 radical (unpaired) electrons. The van der Waals surface area contributed by atoms with Crippen molar-refractivity contribution in [1.29, 1.82) is 0 Å². The molecule has 2 aromatic carbocycles. The zero-order valence-electron chi connectivity index (χ0n) is 16.1. The van der Waals surface area contributed by atoms with Crippen molar-refractivity contribution in [2.24, 2.45) is 0 Å². The van der Waals surface area contributed by atoms with Crippen LogP contribution in [0.15, 0.2) is 41.4 Å². The minimum atomic E-state index is -3.87. The lowest BCUT2D eigenvalue weighted by molar-refractivity contribution is 0.102. The number of fused-ring (bicyclic) bond motifs is 1. The van der Waals surface area contributed by atoms with Gasteiger partial charge in [0.05, 0.1) is 16.3 Å². The SMILES string of the molecule is Cc1cc(C)c(S(=O)(=O)n2cc(C(=O)CCl)c3ccc(C4CC4)cc32)c(C)c1. The van der Waals surface area contributed by atoms with Crippen LogP contribution in [0.25, 0.3) is 10.9 Å². The van der Waals surface area contributed by atoms with Gasteiger partial charge in [0, 0.05) is 17.1 Å². The number of hydrogen-bond donors (Lipinski definition) is 0. The van der Waals surface area contributed by atoms with Crippen LogP contribution in [0.1, 0.15) is 51.4 Å². The van der Waals surface area contributed by atoms with Crippen LogP contribution in [-0.4, -0.2) is 24.1 Å². The van der Waals surface area contributed by atoms with Gasteiger partial charge in [-0.3, -0.25) is 4.79 Å². The largest absolute Gasteiger partial charge is 0.293 e. The molecule has 4 nitrogen and oxygen atoms in total. The first-order valence-electron chi connectivity index (χ1n) is 9.31. The summed E-state index contributed by atoms with van der Waals surface area (Å²) >= 11 is 5.78. The molecule has 0 spiro atoms. The van der Waals surface area contributed by atoms with E-state index in [1.54, 1.807) is 13.8 Å². The third-order valence-electron chi connectivity index (χ3n) is 5.39. The number of carbonyl (C=O) groups excluding carboxylic acids is 1. The summed E-state index contributed by atoms with van der Waals surface area (Å²) in [6.07, 6.45) is 3.66. The lowest BCUT2D eigenvalue weighted by Gasteiger charge is -2.14. The maximum Gasteiger partial charge on any atom is 0.268 e. The van der Waals surface area contributed by atoms with Gasteiger partial charge in [-0.15, -0.1) is 11.6 Å². The van der Waals surface area contributed by atoms with Crippen LogP contribution in [0.4, 0.5) is 0 Å². The molecule has 0 aliphatic heterocycles. The molecule has 1 heterocycles. The van der Waals surface area contributed by atoms with Crippen molar-refractivity contribution in [3.05, 3.63) is 64.3 Å². The summed E-state index contributed by atoms with van der Waals surface area (Å²) in [6, 6.07) is 9.49. The molecule has 28 heavy (non-hydrogen) atoms. The fraction of sp³-hybridized carbons (Fsp3) is 0.318. The summed E-state index contributed by atoms with van der Waals surface area (Å²) in [6.45, 7) is 5.55. The van der Waals surface area contributed by atoms with E-state index in [4.69, 9.17) is 11.6 Å². The number of aryl methyl sites for hydroxylation is 3. The molecule has 1 saturated carbocycles. The van der Waals surface area contributed by atoms with Crippen LogP contribution < -0.4 is 0 Å². The molecule has 0 unspecified atom stereocenters. The second-order valence-corrected chi connectivity index (χ2v) is 9.70. The number of halogens is 1. The maximum atomic E-state index is 13.6. The van der Waals surface area contributed by atoms with Gasteiger partial charge >= 0.3 is 0 Å². The Balaban J connectivity index is 2.02. The Labute approximate surface area is 170 Å². The molecule has 0 bridgehead atoms. The van der Waals surface area contributed by atoms with Crippen LogP contribution in [0.2, 0.25) is 0 Å². The average molecular weight is 416 g/mol. The first-order chi connectivity index (χ1) is 13.2. The highest BCUT2D eigenvalue weighted by Gasteiger charge is 2.29. The minimum absolute atomic E-state index is 0.188. The fourth-order valence-corrected chi connectivity index (χ4v) is 5.98. The van der Waals surface area contributed by atoms with E-state index in [-0.39, 0.29) is 16.6 Å². The van der Waals surface area contributed by atoms with Crippen LogP contribution in [0.5, 0.6) is 0 Å². The third-order valence-corrected chi connectivity index (χ3v) is 7.61. The van der Waals surface area contributed by atoms with Crippen molar-refractivity contribution in [2.45, 2.75) is 44.4 Å². The highest BCUT2D eigenvalue weighted by Crippen LogP contribution is 2.42. The van der Waals surface area contributed by atoms with Gasteiger partial charge in [0.2, 0.25) is 0 Å². The molecule has 6 heteroatoms. The smallest absolute Gasteiger partial charge is 0.268 e. The van der Waals surface area contributed by atoms with E-state index in [1.165, 1.54) is 10.2 Å². The summed E-state index contributed by atoms with van der Waals surface area (Å²) in [5.74, 6) is 0.00850. The molecule has 0 amide bonds. The van der Waals surface area contributed by atoms with Crippen molar-refractivity contribution >= 4 is 38.3 Å². The Morgan fingerprint density at radius 2 is 1.75 bits per heavy atom. The number of benzene rings is 2. The number of rotatable bonds is 5. The van der Waals surface area contributed by atoms with E-state index < -0.39 is 10.0 Å². The van der Waals surface area contributed by atoms with E-state index in [1.807, 2.05) is 37.3 Å². The van der Waals surface area contributed by atoms with Gasteiger partial charge in [0.1, 0.15) is 0 Å². The zero-order chi connectivity index (χ0) is 20.2. The summed E-state index contributed by atoms with van der Waals surface area (Å²) in [4.78, 5) is 12.7. The van der Waals surface area contributed by atoms with Gasteiger partial charge in [-0.05, 0) is 62.3 Å². The fourth-order valence-electron chi connectivity index (χ4n) is 4.05. The van der Waals surface area contributed by atoms with E-state index in [0.29, 0.717) is 33.5 Å². The van der Waals surface area contributed by atoms with Gasteiger partial charge in [-0.1, -0.05) is 29.8 Å². The Morgan fingerprint density at radius 3 is 2.32 bits per heavy atom. The van der Waals surface area contributed by atoms with Crippen LogP contribution >= 0.6 is 11.6 Å². The Kier molecular flexibility index (Phi) is 4.63. The van der Waals surface area contributed by atoms with Crippen molar-refractivity contribution in [1.82, 2.24) is 3.97 Å². The second kappa shape index (κ2) is 6.75. The molecule has 0 atom stereocenters. The van der Waals surface area contributed by atoms with Crippen molar-refractivity contribution in [3.8, 4) is 0 Å². The Bertz CT molecular complexity index is 1200. The summed E-state index contributed by atoms with van der Waals surface area (Å²) in [5.41, 5.74) is 4.41. The van der Waals surface area contributed by atoms with Gasteiger partial charge in [-0.2, -0.15) is 0 Å². The van der Waals surface area contributed by atoms with Crippen molar-refractivity contribution < 1.29 is 13.2 Å². The molecular weight excluding hydrogens is 394 g/mol. The van der Waals surface area contributed by atoms with Gasteiger partial charge in [-0.25, -0.2) is 12.4 Å². The summed E-state index contributed by atoms with van der Waals surface area (Å²) in [7, 11) is -3.87. The Hall–Kier alpha value is -2.11. The molecule has 1 aliphatic rings. The van der Waals surface area contributed by atoms with E-state index >= 15 is 0 Å².